The summed E-state index contributed by atoms with van der Waals surface area (Å²) in [5.41, 5.74) is 0.966. The van der Waals surface area contributed by atoms with Crippen LogP contribution in [0, 0.1) is 23.7 Å². The normalized spacial score (nSPS) is 25.3. The van der Waals surface area contributed by atoms with Gasteiger partial charge in [-0.2, -0.15) is 0 Å². The van der Waals surface area contributed by atoms with Crippen LogP contribution < -0.4 is 0 Å². The molecule has 8 heteroatoms. The third-order valence-corrected chi connectivity index (χ3v) is 14.9. The smallest absolute Gasteiger partial charge is 0.311 e. The summed E-state index contributed by atoms with van der Waals surface area (Å²) >= 11 is 0. The lowest BCUT2D eigenvalue weighted by Crippen LogP contribution is -2.46. The Kier molecular flexibility index (Phi) is 13.7. The molecule has 0 aromatic heterocycles. The topological polar surface area (TPSA) is 80.3 Å². The average molecular weight is 647 g/mol. The maximum Gasteiger partial charge on any atom is 0.311 e. The summed E-state index contributed by atoms with van der Waals surface area (Å²) in [6, 6.07) is 9.70. The molecule has 1 aromatic carbocycles. The maximum atomic E-state index is 13.4. The zero-order valence-electron chi connectivity index (χ0n) is 30.0. The SMILES string of the molecule is CC(C)[C@H](C[C@H]1CC[C@@H]([C@H](C)C(=O)OCc2ccccc2)O1)OC(=O)[C@H](C)[C@H]1CC[C@@H](C[C@@H](O[Si](C)(C)C(C)(C)C)C(C)C)O1. The number of carbonyl (C=O) groups excluding carboxylic acids is 2. The summed E-state index contributed by atoms with van der Waals surface area (Å²) in [6.45, 7) is 24.1. The lowest BCUT2D eigenvalue weighted by atomic mass is 9.97. The predicted octanol–water partition coefficient (Wildman–Crippen LogP) is 8.49. The van der Waals surface area contributed by atoms with Crippen LogP contribution in [0.5, 0.6) is 0 Å². The van der Waals surface area contributed by atoms with E-state index in [0.717, 1.165) is 37.7 Å². The van der Waals surface area contributed by atoms with Gasteiger partial charge in [0.05, 0.1) is 36.3 Å². The molecule has 7 nitrogen and oxygen atoms in total. The number of hydrogen-bond acceptors (Lipinski definition) is 7. The van der Waals surface area contributed by atoms with Crippen molar-refractivity contribution in [3.05, 3.63) is 35.9 Å². The molecule has 8 atom stereocenters. The molecule has 256 valence electrons. The highest BCUT2D eigenvalue weighted by molar-refractivity contribution is 6.74. The highest BCUT2D eigenvalue weighted by Gasteiger charge is 2.42. The molecule has 0 saturated carbocycles. The van der Waals surface area contributed by atoms with E-state index in [9.17, 15) is 9.59 Å². The molecular formula is C37H62O7Si. The van der Waals surface area contributed by atoms with Crippen LogP contribution in [0.1, 0.15) is 106 Å². The zero-order valence-corrected chi connectivity index (χ0v) is 31.0. The zero-order chi connectivity index (χ0) is 33.5. The molecule has 0 aliphatic carbocycles. The minimum absolute atomic E-state index is 0.0594. The molecule has 2 aliphatic heterocycles. The first-order valence-electron chi connectivity index (χ1n) is 17.4. The molecule has 0 N–H and O–H groups in total. The largest absolute Gasteiger partial charge is 0.462 e. The van der Waals surface area contributed by atoms with Gasteiger partial charge in [0.15, 0.2) is 8.32 Å². The Bertz CT molecular complexity index is 1070. The lowest BCUT2D eigenvalue weighted by molar-refractivity contribution is -0.163. The third-order valence-electron chi connectivity index (χ3n) is 10.4. The molecule has 0 bridgehead atoms. The molecule has 1 aromatic rings. The molecule has 0 amide bonds. The van der Waals surface area contributed by atoms with Crippen LogP contribution in [0.4, 0.5) is 0 Å². The van der Waals surface area contributed by atoms with Crippen molar-refractivity contribution in [3.8, 4) is 0 Å². The van der Waals surface area contributed by atoms with Gasteiger partial charge >= 0.3 is 11.9 Å². The van der Waals surface area contributed by atoms with E-state index in [0.29, 0.717) is 12.3 Å². The van der Waals surface area contributed by atoms with Crippen molar-refractivity contribution in [2.24, 2.45) is 23.7 Å². The molecule has 2 fully saturated rings. The fraction of sp³-hybridized carbons (Fsp3) is 0.784. The molecular weight excluding hydrogens is 584 g/mol. The first kappa shape index (κ1) is 37.7. The summed E-state index contributed by atoms with van der Waals surface area (Å²) in [7, 11) is -1.90. The van der Waals surface area contributed by atoms with Crippen molar-refractivity contribution in [3.63, 3.8) is 0 Å². The van der Waals surface area contributed by atoms with Gasteiger partial charge in [-0.3, -0.25) is 9.59 Å². The maximum absolute atomic E-state index is 13.4. The van der Waals surface area contributed by atoms with Gasteiger partial charge in [-0.05, 0) is 81.5 Å². The second kappa shape index (κ2) is 16.4. The quantitative estimate of drug-likeness (QED) is 0.140. The van der Waals surface area contributed by atoms with Gasteiger partial charge < -0.3 is 23.4 Å². The lowest BCUT2D eigenvalue weighted by Gasteiger charge is -2.41. The van der Waals surface area contributed by atoms with Crippen molar-refractivity contribution in [2.45, 2.75) is 162 Å². The van der Waals surface area contributed by atoms with Gasteiger partial charge in [0, 0.05) is 12.5 Å². The number of esters is 2. The summed E-state index contributed by atoms with van der Waals surface area (Å²) < 4.78 is 31.3. The molecule has 0 unspecified atom stereocenters. The number of hydrogen-bond donors (Lipinski definition) is 0. The number of ether oxygens (including phenoxy) is 4. The molecule has 3 rings (SSSR count). The van der Waals surface area contributed by atoms with E-state index in [1.54, 1.807) is 0 Å². The first-order chi connectivity index (χ1) is 21.0. The van der Waals surface area contributed by atoms with Crippen molar-refractivity contribution < 1.29 is 33.0 Å². The van der Waals surface area contributed by atoms with E-state index in [1.165, 1.54) is 0 Å². The first-order valence-corrected chi connectivity index (χ1v) is 20.3. The summed E-state index contributed by atoms with van der Waals surface area (Å²) in [5.74, 6) is -0.596. The Hall–Kier alpha value is -1.74. The minimum atomic E-state index is -1.90. The van der Waals surface area contributed by atoms with Crippen molar-refractivity contribution in [2.75, 3.05) is 0 Å². The van der Waals surface area contributed by atoms with Gasteiger partial charge in [-0.15, -0.1) is 0 Å². The van der Waals surface area contributed by atoms with E-state index in [2.05, 4.69) is 61.6 Å². The van der Waals surface area contributed by atoms with Crippen molar-refractivity contribution >= 4 is 20.3 Å². The highest BCUT2D eigenvalue weighted by atomic mass is 28.4. The highest BCUT2D eigenvalue weighted by Crippen LogP contribution is 2.40. The van der Waals surface area contributed by atoms with E-state index in [1.807, 2.05) is 44.2 Å². The van der Waals surface area contributed by atoms with Crippen molar-refractivity contribution in [1.29, 1.82) is 0 Å². The van der Waals surface area contributed by atoms with Crippen LogP contribution in [0.25, 0.3) is 0 Å². The molecule has 0 radical (unpaired) electrons. The van der Waals surface area contributed by atoms with E-state index < -0.39 is 8.32 Å². The monoisotopic (exact) mass is 646 g/mol. The van der Waals surface area contributed by atoms with Crippen LogP contribution in [-0.4, -0.2) is 56.9 Å². The number of carbonyl (C=O) groups is 2. The Labute approximate surface area is 274 Å². The van der Waals surface area contributed by atoms with Crippen LogP contribution in [0.3, 0.4) is 0 Å². The standard InChI is InChI=1S/C37H62O7Si/c1-24(2)33(21-29-17-19-31(41-29)26(5)35(38)40-23-28-15-13-12-14-16-28)43-36(39)27(6)32-20-18-30(42-32)22-34(25(3)4)44-45(10,11)37(7,8)9/h12-16,24-27,29-34H,17-23H2,1-11H3/t26-,27+,29+,30-,31-,32+,33-,34+/m0/s1. The number of benzene rings is 1. The molecule has 2 aliphatic rings. The van der Waals surface area contributed by atoms with Gasteiger partial charge in [-0.1, -0.05) is 78.8 Å². The van der Waals surface area contributed by atoms with E-state index >= 15 is 0 Å². The van der Waals surface area contributed by atoms with E-state index in [-0.39, 0.29) is 78.0 Å². The summed E-state index contributed by atoms with van der Waals surface area (Å²) in [5, 5.41) is 0.154. The van der Waals surface area contributed by atoms with Crippen LogP contribution in [0.2, 0.25) is 18.1 Å². The average Bonchev–Trinajstić information content (AvgIpc) is 3.64. The summed E-state index contributed by atoms with van der Waals surface area (Å²) in [6.07, 6.45) is 4.45. The Balaban J connectivity index is 1.48. The Morgan fingerprint density at radius 3 is 1.76 bits per heavy atom. The number of rotatable bonds is 15. The predicted molar refractivity (Wildman–Crippen MR) is 181 cm³/mol. The fourth-order valence-corrected chi connectivity index (χ4v) is 7.43. The minimum Gasteiger partial charge on any atom is -0.462 e. The van der Waals surface area contributed by atoms with E-state index in [4.69, 9.17) is 23.4 Å². The third kappa shape index (κ3) is 10.9. The molecule has 0 spiro atoms. The van der Waals surface area contributed by atoms with Crippen LogP contribution in [0.15, 0.2) is 30.3 Å². The van der Waals surface area contributed by atoms with Gasteiger partial charge in [-0.25, -0.2) is 0 Å². The van der Waals surface area contributed by atoms with Crippen LogP contribution in [-0.2, 0) is 39.6 Å². The van der Waals surface area contributed by atoms with Crippen LogP contribution >= 0.6 is 0 Å². The molecule has 45 heavy (non-hydrogen) atoms. The Morgan fingerprint density at radius 2 is 1.27 bits per heavy atom. The van der Waals surface area contributed by atoms with Gasteiger partial charge in [0.2, 0.25) is 0 Å². The summed E-state index contributed by atoms with van der Waals surface area (Å²) in [4.78, 5) is 26.1. The second-order valence-corrected chi connectivity index (χ2v) is 20.5. The fourth-order valence-electron chi connectivity index (χ4n) is 5.96. The second-order valence-electron chi connectivity index (χ2n) is 15.8. The van der Waals surface area contributed by atoms with Gasteiger partial charge in [0.1, 0.15) is 12.7 Å². The Morgan fingerprint density at radius 1 is 0.778 bits per heavy atom. The van der Waals surface area contributed by atoms with Gasteiger partial charge in [0.25, 0.3) is 0 Å². The molecule has 2 heterocycles. The van der Waals surface area contributed by atoms with Crippen molar-refractivity contribution in [1.82, 2.24) is 0 Å². The molecule has 2 saturated heterocycles.